The van der Waals surface area contributed by atoms with Crippen LogP contribution in [0, 0.1) is 0 Å². The molecule has 0 atom stereocenters. The zero-order valence-corrected chi connectivity index (χ0v) is 21.3. The predicted molar refractivity (Wildman–Crippen MR) is 127 cm³/mol. The molecule has 3 heteroatoms. The van der Waals surface area contributed by atoms with E-state index in [0.29, 0.717) is 6.73 Å². The molecule has 0 aromatic heterocycles. The molecule has 0 radical (unpaired) electrons. The minimum atomic E-state index is 0. The molecule has 1 N–H and O–H groups in total. The molecular weight excluding hydrogens is 378 g/mol. The first-order valence-corrected chi connectivity index (χ1v) is 13.1. The summed E-state index contributed by atoms with van der Waals surface area (Å²) in [5.41, 5.74) is 0. The van der Waals surface area contributed by atoms with Gasteiger partial charge in [-0.15, -0.1) is 0 Å². The SMILES string of the molecule is CCCCCCCCCCCC[N+](C)(CO)CCCCCCCCCCCC.[Cl-]. The number of unbranched alkanes of at least 4 members (excludes halogenated alkanes) is 18. The summed E-state index contributed by atoms with van der Waals surface area (Å²) in [6, 6.07) is 0. The van der Waals surface area contributed by atoms with Crippen LogP contribution in [0.3, 0.4) is 0 Å². The van der Waals surface area contributed by atoms with Crippen molar-refractivity contribution in [2.75, 3.05) is 26.9 Å². The van der Waals surface area contributed by atoms with E-state index in [-0.39, 0.29) is 12.4 Å². The van der Waals surface area contributed by atoms with Gasteiger partial charge in [0.25, 0.3) is 0 Å². The van der Waals surface area contributed by atoms with E-state index in [1.807, 2.05) is 0 Å². The first kappa shape index (κ1) is 31.4. The molecule has 0 aromatic rings. The Labute approximate surface area is 191 Å². The Morgan fingerprint density at radius 1 is 0.448 bits per heavy atom. The lowest BCUT2D eigenvalue weighted by atomic mass is 10.1. The molecule has 0 amide bonds. The number of nitrogens with zero attached hydrogens (tertiary/aromatic N) is 1. The first-order chi connectivity index (χ1) is 13.7. The monoisotopic (exact) mass is 433 g/mol. The van der Waals surface area contributed by atoms with E-state index in [1.54, 1.807) is 0 Å². The maximum Gasteiger partial charge on any atom is 0.180 e. The van der Waals surface area contributed by atoms with Gasteiger partial charge >= 0.3 is 0 Å². The van der Waals surface area contributed by atoms with Crippen LogP contribution < -0.4 is 12.4 Å². The molecule has 0 bridgehead atoms. The molecule has 0 aromatic carbocycles. The van der Waals surface area contributed by atoms with Gasteiger partial charge in [0.2, 0.25) is 0 Å². The van der Waals surface area contributed by atoms with Crippen molar-refractivity contribution < 1.29 is 22.0 Å². The zero-order chi connectivity index (χ0) is 20.8. The summed E-state index contributed by atoms with van der Waals surface area (Å²) < 4.78 is 0.869. The van der Waals surface area contributed by atoms with Crippen molar-refractivity contribution in [1.82, 2.24) is 0 Å². The molecule has 0 rings (SSSR count). The van der Waals surface area contributed by atoms with Crippen LogP contribution in [0.5, 0.6) is 0 Å². The molecule has 2 nitrogen and oxygen atoms in total. The highest BCUT2D eigenvalue weighted by molar-refractivity contribution is 4.50. The summed E-state index contributed by atoms with van der Waals surface area (Å²) >= 11 is 0. The standard InChI is InChI=1S/C26H56NO.ClH/c1-4-6-8-10-12-14-16-18-20-22-24-27(3,26-28)25-23-21-19-17-15-13-11-9-7-5-2;/h28H,4-26H2,1-3H3;1H/q+1;/p-1. The van der Waals surface area contributed by atoms with Crippen LogP contribution in [0.25, 0.3) is 0 Å². The summed E-state index contributed by atoms with van der Waals surface area (Å²) in [7, 11) is 2.25. The van der Waals surface area contributed by atoms with Crippen molar-refractivity contribution in [3.63, 3.8) is 0 Å². The Balaban J connectivity index is 0. The summed E-state index contributed by atoms with van der Waals surface area (Å²) in [6.45, 7) is 7.20. The summed E-state index contributed by atoms with van der Waals surface area (Å²) in [4.78, 5) is 0. The van der Waals surface area contributed by atoms with E-state index < -0.39 is 0 Å². The van der Waals surface area contributed by atoms with Crippen LogP contribution >= 0.6 is 0 Å². The van der Waals surface area contributed by atoms with Crippen LogP contribution in [0.2, 0.25) is 0 Å². The lowest BCUT2D eigenvalue weighted by Gasteiger charge is -2.32. The second-order valence-electron chi connectivity index (χ2n) is 9.57. The summed E-state index contributed by atoms with van der Waals surface area (Å²) in [6.07, 6.45) is 27.8. The number of aliphatic hydroxyl groups is 1. The van der Waals surface area contributed by atoms with E-state index in [4.69, 9.17) is 0 Å². The number of quaternary nitrogens is 1. The normalized spacial score (nSPS) is 11.6. The first-order valence-electron chi connectivity index (χ1n) is 13.1. The van der Waals surface area contributed by atoms with Gasteiger partial charge in [0.15, 0.2) is 6.73 Å². The van der Waals surface area contributed by atoms with Crippen LogP contribution in [-0.2, 0) is 0 Å². The zero-order valence-electron chi connectivity index (χ0n) is 20.5. The fourth-order valence-corrected chi connectivity index (χ4v) is 4.22. The Morgan fingerprint density at radius 2 is 0.690 bits per heavy atom. The second kappa shape index (κ2) is 24.5. The van der Waals surface area contributed by atoms with Gasteiger partial charge in [0.1, 0.15) is 0 Å². The van der Waals surface area contributed by atoms with E-state index in [0.717, 1.165) is 17.6 Å². The maximum atomic E-state index is 9.84. The molecule has 0 saturated carbocycles. The number of aliphatic hydroxyl groups excluding tert-OH is 1. The summed E-state index contributed by atoms with van der Waals surface area (Å²) in [5.74, 6) is 0. The lowest BCUT2D eigenvalue weighted by molar-refractivity contribution is -0.927. The molecule has 0 aliphatic rings. The highest BCUT2D eigenvalue weighted by atomic mass is 35.5. The minimum absolute atomic E-state index is 0. The third-order valence-corrected chi connectivity index (χ3v) is 6.44. The van der Waals surface area contributed by atoms with Gasteiger partial charge in [0, 0.05) is 0 Å². The van der Waals surface area contributed by atoms with Crippen LogP contribution in [0.1, 0.15) is 142 Å². The van der Waals surface area contributed by atoms with E-state index >= 15 is 0 Å². The number of hydrogen-bond acceptors (Lipinski definition) is 1. The molecule has 0 saturated heterocycles. The number of hydrogen-bond donors (Lipinski definition) is 1. The van der Waals surface area contributed by atoms with Crippen molar-refractivity contribution in [3.8, 4) is 0 Å². The molecule has 0 aliphatic carbocycles. The van der Waals surface area contributed by atoms with Crippen molar-refractivity contribution in [1.29, 1.82) is 0 Å². The van der Waals surface area contributed by atoms with E-state index in [2.05, 4.69) is 20.9 Å². The fourth-order valence-electron chi connectivity index (χ4n) is 4.22. The van der Waals surface area contributed by atoms with Gasteiger partial charge in [-0.25, -0.2) is 0 Å². The molecule has 0 unspecified atom stereocenters. The smallest absolute Gasteiger partial charge is 0.180 e. The van der Waals surface area contributed by atoms with Crippen LogP contribution in [-0.4, -0.2) is 36.5 Å². The Hall–Kier alpha value is 0.210. The van der Waals surface area contributed by atoms with Gasteiger partial charge in [-0.3, -0.25) is 0 Å². The van der Waals surface area contributed by atoms with Crippen LogP contribution in [0.15, 0.2) is 0 Å². The molecule has 0 fully saturated rings. The fraction of sp³-hybridized carbons (Fsp3) is 1.00. The van der Waals surface area contributed by atoms with Crippen molar-refractivity contribution >= 4 is 0 Å². The molecule has 0 spiro atoms. The highest BCUT2D eigenvalue weighted by Crippen LogP contribution is 2.15. The summed E-state index contributed by atoms with van der Waals surface area (Å²) in [5, 5.41) is 9.84. The highest BCUT2D eigenvalue weighted by Gasteiger charge is 2.18. The van der Waals surface area contributed by atoms with Gasteiger partial charge in [-0.1, -0.05) is 117 Å². The largest absolute Gasteiger partial charge is 1.00 e. The third kappa shape index (κ3) is 22.7. The molecule has 0 aliphatic heterocycles. The van der Waals surface area contributed by atoms with E-state index in [1.165, 1.54) is 128 Å². The lowest BCUT2D eigenvalue weighted by Crippen LogP contribution is -3.00. The van der Waals surface area contributed by atoms with Crippen molar-refractivity contribution in [2.45, 2.75) is 142 Å². The minimum Gasteiger partial charge on any atom is -1.00 e. The Bertz CT molecular complexity index is 274. The Kier molecular flexibility index (Phi) is 26.5. The number of rotatable bonds is 23. The van der Waals surface area contributed by atoms with Gasteiger partial charge in [0.05, 0.1) is 20.1 Å². The molecular formula is C26H56ClNO. The van der Waals surface area contributed by atoms with Crippen molar-refractivity contribution in [3.05, 3.63) is 0 Å². The van der Waals surface area contributed by atoms with Crippen LogP contribution in [0.4, 0.5) is 0 Å². The Morgan fingerprint density at radius 3 is 0.931 bits per heavy atom. The van der Waals surface area contributed by atoms with Gasteiger partial charge < -0.3 is 22.0 Å². The average molecular weight is 434 g/mol. The number of halogens is 1. The molecule has 29 heavy (non-hydrogen) atoms. The van der Waals surface area contributed by atoms with Gasteiger partial charge in [-0.2, -0.15) is 0 Å². The van der Waals surface area contributed by atoms with Gasteiger partial charge in [-0.05, 0) is 25.7 Å². The van der Waals surface area contributed by atoms with E-state index in [9.17, 15) is 5.11 Å². The molecule has 178 valence electrons. The average Bonchev–Trinajstić information content (AvgIpc) is 2.71. The molecule has 0 heterocycles. The van der Waals surface area contributed by atoms with Crippen molar-refractivity contribution in [2.24, 2.45) is 0 Å². The maximum absolute atomic E-state index is 9.84. The second-order valence-corrected chi connectivity index (χ2v) is 9.57. The third-order valence-electron chi connectivity index (χ3n) is 6.44. The predicted octanol–water partition coefficient (Wildman–Crippen LogP) is 5.23. The topological polar surface area (TPSA) is 20.2 Å². The quantitative estimate of drug-likeness (QED) is 0.133.